The van der Waals surface area contributed by atoms with Crippen molar-refractivity contribution < 1.29 is 39.8 Å². The summed E-state index contributed by atoms with van der Waals surface area (Å²) in [6.07, 6.45) is 61.8. The Kier molecular flexibility index (Phi) is 45.7. The summed E-state index contributed by atoms with van der Waals surface area (Å²) in [5.41, 5.74) is 0. The Bertz CT molecular complexity index is 1350. The van der Waals surface area contributed by atoms with Crippen LogP contribution < -0.4 is 5.32 Å². The van der Waals surface area contributed by atoms with E-state index in [0.717, 1.165) is 70.6 Å². The highest BCUT2D eigenvalue weighted by Gasteiger charge is 2.44. The highest BCUT2D eigenvalue weighted by atomic mass is 16.7. The monoisotopic (exact) mass is 968 g/mol. The molecule has 1 rings (SSSR count). The molecule has 398 valence electrons. The Morgan fingerprint density at radius 3 is 1.28 bits per heavy atom. The molecule has 1 heterocycles. The average Bonchev–Trinajstić information content (AvgIpc) is 3.35. The van der Waals surface area contributed by atoms with Crippen molar-refractivity contribution in [1.29, 1.82) is 0 Å². The van der Waals surface area contributed by atoms with Gasteiger partial charge in [0.15, 0.2) is 6.29 Å². The molecular weight excluding hydrogens is 863 g/mol. The second kappa shape index (κ2) is 49.0. The van der Waals surface area contributed by atoms with Crippen LogP contribution in [0.3, 0.4) is 0 Å². The summed E-state index contributed by atoms with van der Waals surface area (Å²) in [5, 5.41) is 54.6. The smallest absolute Gasteiger partial charge is 0.220 e. The Hall–Kier alpha value is -2.63. The third-order valence-electron chi connectivity index (χ3n) is 13.0. The largest absolute Gasteiger partial charge is 0.394 e. The number of carbonyl (C=O) groups is 1. The number of hydrogen-bond acceptors (Lipinski definition) is 8. The van der Waals surface area contributed by atoms with Gasteiger partial charge in [0.25, 0.3) is 0 Å². The summed E-state index contributed by atoms with van der Waals surface area (Å²) >= 11 is 0. The summed E-state index contributed by atoms with van der Waals surface area (Å²) in [6, 6.07) is -0.756. The van der Waals surface area contributed by atoms with Crippen LogP contribution in [-0.2, 0) is 14.3 Å². The number of nitrogens with one attached hydrogen (secondary N) is 1. The number of aliphatic hydroxyl groups is 5. The van der Waals surface area contributed by atoms with Gasteiger partial charge in [-0.15, -0.1) is 0 Å². The van der Waals surface area contributed by atoms with Crippen molar-refractivity contribution in [2.75, 3.05) is 13.2 Å². The molecule has 1 amide bonds. The van der Waals surface area contributed by atoms with Gasteiger partial charge in [-0.1, -0.05) is 247 Å². The highest BCUT2D eigenvalue weighted by Crippen LogP contribution is 2.23. The molecule has 0 bridgehead atoms. The second-order valence-corrected chi connectivity index (χ2v) is 19.4. The van der Waals surface area contributed by atoms with Crippen molar-refractivity contribution in [2.45, 2.75) is 275 Å². The predicted molar refractivity (Wildman–Crippen MR) is 290 cm³/mol. The Balaban J connectivity index is 2.28. The van der Waals surface area contributed by atoms with Crippen LogP contribution in [0.1, 0.15) is 232 Å². The molecule has 0 saturated carbocycles. The van der Waals surface area contributed by atoms with Crippen molar-refractivity contribution in [2.24, 2.45) is 0 Å². The van der Waals surface area contributed by atoms with Gasteiger partial charge in [0.1, 0.15) is 24.4 Å². The fourth-order valence-electron chi connectivity index (χ4n) is 8.56. The minimum atomic E-state index is -1.57. The normalized spacial score (nSPS) is 20.1. The summed E-state index contributed by atoms with van der Waals surface area (Å²) < 4.78 is 11.3. The lowest BCUT2D eigenvalue weighted by Gasteiger charge is -2.40. The summed E-state index contributed by atoms with van der Waals surface area (Å²) in [6.45, 7) is 3.70. The van der Waals surface area contributed by atoms with Crippen molar-refractivity contribution in [3.63, 3.8) is 0 Å². The number of aliphatic hydroxyl groups excluding tert-OH is 5. The van der Waals surface area contributed by atoms with E-state index in [9.17, 15) is 30.3 Å². The van der Waals surface area contributed by atoms with Crippen LogP contribution in [0.4, 0.5) is 0 Å². The molecule has 9 heteroatoms. The van der Waals surface area contributed by atoms with Crippen LogP contribution >= 0.6 is 0 Å². The molecule has 7 atom stereocenters. The molecule has 1 fully saturated rings. The van der Waals surface area contributed by atoms with Crippen LogP contribution in [0.25, 0.3) is 0 Å². The zero-order chi connectivity index (χ0) is 50.1. The van der Waals surface area contributed by atoms with Crippen molar-refractivity contribution in [3.8, 4) is 0 Å². The molecule has 0 radical (unpaired) electrons. The highest BCUT2D eigenvalue weighted by molar-refractivity contribution is 5.76. The van der Waals surface area contributed by atoms with Gasteiger partial charge in [-0.2, -0.15) is 0 Å². The third kappa shape index (κ3) is 38.7. The Morgan fingerprint density at radius 2 is 0.884 bits per heavy atom. The lowest BCUT2D eigenvalue weighted by Crippen LogP contribution is -2.60. The molecule has 1 aliphatic heterocycles. The first-order valence-electron chi connectivity index (χ1n) is 28.3. The van der Waals surface area contributed by atoms with E-state index in [-0.39, 0.29) is 18.9 Å². The average molecular weight is 968 g/mol. The number of amides is 1. The van der Waals surface area contributed by atoms with Crippen LogP contribution in [0.5, 0.6) is 0 Å². The number of rotatable bonds is 47. The first kappa shape index (κ1) is 64.4. The molecule has 7 unspecified atom stereocenters. The summed E-state index contributed by atoms with van der Waals surface area (Å²) in [4.78, 5) is 13.0. The number of ether oxygens (including phenoxy) is 2. The van der Waals surface area contributed by atoms with E-state index in [1.54, 1.807) is 0 Å². The molecule has 0 aromatic heterocycles. The maximum atomic E-state index is 13.0. The zero-order valence-electron chi connectivity index (χ0n) is 44.0. The maximum Gasteiger partial charge on any atom is 0.220 e. The molecule has 69 heavy (non-hydrogen) atoms. The number of unbranched alkanes of at least 4 members (excludes halogenated alkanes) is 23. The number of carbonyl (C=O) groups excluding carboxylic acids is 1. The summed E-state index contributed by atoms with van der Waals surface area (Å²) in [5.74, 6) is -0.203. The Morgan fingerprint density at radius 1 is 0.507 bits per heavy atom. The molecule has 6 N–H and O–H groups in total. The van der Waals surface area contributed by atoms with E-state index in [4.69, 9.17) is 9.47 Å². The molecule has 0 aromatic rings. The second-order valence-electron chi connectivity index (χ2n) is 19.4. The van der Waals surface area contributed by atoms with Crippen LogP contribution in [-0.4, -0.2) is 87.5 Å². The standard InChI is InChI=1S/C60H105NO8/c1-3-5-7-9-11-13-15-17-19-21-23-25-27-29-31-33-35-37-39-41-43-45-47-49-54(63)53(52-68-60-59(67)58(66)57(65)55(51-62)69-60)61-56(64)50-48-46-44-42-40-38-36-34-32-30-28-26-24-22-20-18-16-14-12-10-8-6-4-2/h6,8,12,14,18,20,24,26,30,32,36,38,42,44,53-55,57-60,62-63,65-67H,3-5,7,9-11,13,15-17,19,21-23,25,27-29,31,33-35,37,39-41,43,45-52H2,1-2H3,(H,61,64)/b8-6-,14-12-,20-18-,26-24-,32-30-,38-36-,44-42-. The van der Waals surface area contributed by atoms with Crippen LogP contribution in [0.2, 0.25) is 0 Å². The SMILES string of the molecule is CC/C=C\C/C=C\C/C=C\C/C=C\C/C=C\C/C=C\C/C=C\CCCC(=O)NC(COC1OC(CO)C(O)C(O)C1O)C(O)CCCCCCCCCCCCCCCCCCCCCCCCC. The molecule has 0 aromatic carbocycles. The van der Waals surface area contributed by atoms with Crippen molar-refractivity contribution in [1.82, 2.24) is 5.32 Å². The van der Waals surface area contributed by atoms with Gasteiger partial charge in [-0.05, 0) is 64.2 Å². The topological polar surface area (TPSA) is 149 Å². The van der Waals surface area contributed by atoms with E-state index >= 15 is 0 Å². The predicted octanol–water partition coefficient (Wildman–Crippen LogP) is 13.8. The molecule has 9 nitrogen and oxygen atoms in total. The van der Waals surface area contributed by atoms with E-state index in [1.807, 2.05) is 0 Å². The quantitative estimate of drug-likeness (QED) is 0.0261. The van der Waals surface area contributed by atoms with Gasteiger partial charge >= 0.3 is 0 Å². The molecule has 1 aliphatic rings. The van der Waals surface area contributed by atoms with Gasteiger partial charge in [-0.25, -0.2) is 0 Å². The fourth-order valence-corrected chi connectivity index (χ4v) is 8.56. The van der Waals surface area contributed by atoms with Gasteiger partial charge in [0.2, 0.25) is 5.91 Å². The molecular formula is C60H105NO8. The Labute approximate surface area is 422 Å². The minimum absolute atomic E-state index is 0.166. The molecule has 0 spiro atoms. The van der Waals surface area contributed by atoms with Crippen LogP contribution in [0, 0.1) is 0 Å². The first-order chi connectivity index (χ1) is 33.8. The van der Waals surface area contributed by atoms with E-state index in [2.05, 4.69) is 104 Å². The van der Waals surface area contributed by atoms with Gasteiger partial charge < -0.3 is 40.3 Å². The van der Waals surface area contributed by atoms with Gasteiger partial charge in [0.05, 0.1) is 25.4 Å². The lowest BCUT2D eigenvalue weighted by atomic mass is 9.99. The van der Waals surface area contributed by atoms with E-state index < -0.39 is 49.5 Å². The zero-order valence-corrected chi connectivity index (χ0v) is 44.0. The minimum Gasteiger partial charge on any atom is -0.394 e. The molecule has 0 aliphatic carbocycles. The fraction of sp³-hybridized carbons (Fsp3) is 0.750. The molecule has 1 saturated heterocycles. The van der Waals surface area contributed by atoms with Crippen LogP contribution in [0.15, 0.2) is 85.1 Å². The third-order valence-corrected chi connectivity index (χ3v) is 13.0. The summed E-state index contributed by atoms with van der Waals surface area (Å²) in [7, 11) is 0. The number of hydrogen-bond donors (Lipinski definition) is 6. The van der Waals surface area contributed by atoms with E-state index in [0.29, 0.717) is 12.8 Å². The van der Waals surface area contributed by atoms with Gasteiger partial charge in [0, 0.05) is 6.42 Å². The maximum absolute atomic E-state index is 13.0. The van der Waals surface area contributed by atoms with Gasteiger partial charge in [-0.3, -0.25) is 4.79 Å². The number of allylic oxidation sites excluding steroid dienone is 14. The first-order valence-corrected chi connectivity index (χ1v) is 28.3. The van der Waals surface area contributed by atoms with E-state index in [1.165, 1.54) is 128 Å². The van der Waals surface area contributed by atoms with Crippen molar-refractivity contribution >= 4 is 5.91 Å². The lowest BCUT2D eigenvalue weighted by molar-refractivity contribution is -0.302. The van der Waals surface area contributed by atoms with Crippen molar-refractivity contribution in [3.05, 3.63) is 85.1 Å².